The zero-order chi connectivity index (χ0) is 11.4. The topological polar surface area (TPSA) is 18.5 Å². The standard InChI is InChI=1S/C14H20O2/c1-15-14(16-2)10-6-9-13(11-14)12-7-4-3-5-8-12/h3-5,7-8,13H,6,9-11H2,1-2H3. The zero-order valence-corrected chi connectivity index (χ0v) is 10.1. The van der Waals surface area contributed by atoms with Gasteiger partial charge in [0.2, 0.25) is 0 Å². The summed E-state index contributed by atoms with van der Waals surface area (Å²) < 4.78 is 11.1. The van der Waals surface area contributed by atoms with E-state index < -0.39 is 0 Å². The number of hydrogen-bond acceptors (Lipinski definition) is 2. The van der Waals surface area contributed by atoms with Crippen molar-refractivity contribution in [1.82, 2.24) is 0 Å². The highest BCUT2D eigenvalue weighted by Crippen LogP contribution is 2.40. The van der Waals surface area contributed by atoms with Gasteiger partial charge in [0.05, 0.1) is 0 Å². The molecule has 0 spiro atoms. The van der Waals surface area contributed by atoms with Crippen molar-refractivity contribution in [3.63, 3.8) is 0 Å². The predicted molar refractivity (Wildman–Crippen MR) is 64.4 cm³/mol. The molecule has 1 atom stereocenters. The maximum absolute atomic E-state index is 5.56. The Hall–Kier alpha value is -0.860. The SMILES string of the molecule is COC1(OC)CCCC(c2ccccc2)C1. The monoisotopic (exact) mass is 220 g/mol. The van der Waals surface area contributed by atoms with Crippen LogP contribution in [0.1, 0.15) is 37.2 Å². The van der Waals surface area contributed by atoms with Gasteiger partial charge in [-0.25, -0.2) is 0 Å². The van der Waals surface area contributed by atoms with E-state index in [1.54, 1.807) is 14.2 Å². The summed E-state index contributed by atoms with van der Waals surface area (Å²) in [5.41, 5.74) is 1.40. The van der Waals surface area contributed by atoms with E-state index in [-0.39, 0.29) is 5.79 Å². The van der Waals surface area contributed by atoms with Crippen molar-refractivity contribution in [3.05, 3.63) is 35.9 Å². The smallest absolute Gasteiger partial charge is 0.168 e. The molecule has 1 fully saturated rings. The van der Waals surface area contributed by atoms with E-state index in [4.69, 9.17) is 9.47 Å². The van der Waals surface area contributed by atoms with Gasteiger partial charge < -0.3 is 9.47 Å². The Morgan fingerprint density at radius 3 is 2.44 bits per heavy atom. The van der Waals surface area contributed by atoms with Gasteiger partial charge in [0.15, 0.2) is 5.79 Å². The van der Waals surface area contributed by atoms with Gasteiger partial charge in [-0.2, -0.15) is 0 Å². The molecule has 16 heavy (non-hydrogen) atoms. The second-order valence-corrected chi connectivity index (χ2v) is 4.52. The number of rotatable bonds is 3. The summed E-state index contributed by atoms with van der Waals surface area (Å²) in [6, 6.07) is 10.7. The Morgan fingerprint density at radius 1 is 1.12 bits per heavy atom. The van der Waals surface area contributed by atoms with Crippen molar-refractivity contribution < 1.29 is 9.47 Å². The van der Waals surface area contributed by atoms with Crippen LogP contribution in [0.15, 0.2) is 30.3 Å². The third-order valence-electron chi connectivity index (χ3n) is 3.68. The molecule has 0 aliphatic heterocycles. The average molecular weight is 220 g/mol. The van der Waals surface area contributed by atoms with Crippen LogP contribution in [0.2, 0.25) is 0 Å². The summed E-state index contributed by atoms with van der Waals surface area (Å²) in [6.45, 7) is 0. The van der Waals surface area contributed by atoms with Crippen molar-refractivity contribution >= 4 is 0 Å². The minimum Gasteiger partial charge on any atom is -0.353 e. The van der Waals surface area contributed by atoms with Crippen molar-refractivity contribution in [3.8, 4) is 0 Å². The third kappa shape index (κ3) is 2.28. The van der Waals surface area contributed by atoms with Crippen LogP contribution in [0, 0.1) is 0 Å². The van der Waals surface area contributed by atoms with E-state index in [1.807, 2.05) is 0 Å². The second-order valence-electron chi connectivity index (χ2n) is 4.52. The molecule has 1 saturated carbocycles. The molecule has 1 unspecified atom stereocenters. The zero-order valence-electron chi connectivity index (χ0n) is 10.1. The van der Waals surface area contributed by atoms with E-state index in [9.17, 15) is 0 Å². The molecular formula is C14H20O2. The Morgan fingerprint density at radius 2 is 1.81 bits per heavy atom. The Labute approximate surface area is 97.6 Å². The number of hydrogen-bond donors (Lipinski definition) is 0. The molecule has 0 heterocycles. The van der Waals surface area contributed by atoms with Crippen LogP contribution >= 0.6 is 0 Å². The van der Waals surface area contributed by atoms with Crippen molar-refractivity contribution in [2.75, 3.05) is 14.2 Å². The van der Waals surface area contributed by atoms with Crippen molar-refractivity contribution in [1.29, 1.82) is 0 Å². The summed E-state index contributed by atoms with van der Waals surface area (Å²) in [4.78, 5) is 0. The van der Waals surface area contributed by atoms with E-state index >= 15 is 0 Å². The second kappa shape index (κ2) is 4.98. The van der Waals surface area contributed by atoms with Crippen LogP contribution in [-0.2, 0) is 9.47 Å². The molecule has 0 bridgehead atoms. The first-order valence-corrected chi connectivity index (χ1v) is 5.95. The minimum atomic E-state index is -0.362. The summed E-state index contributed by atoms with van der Waals surface area (Å²) >= 11 is 0. The molecule has 1 aromatic rings. The van der Waals surface area contributed by atoms with Crippen LogP contribution in [0.5, 0.6) is 0 Å². The van der Waals surface area contributed by atoms with Gasteiger partial charge in [0, 0.05) is 27.1 Å². The molecule has 1 aliphatic rings. The highest BCUT2D eigenvalue weighted by molar-refractivity contribution is 5.20. The molecule has 1 aromatic carbocycles. The van der Waals surface area contributed by atoms with Crippen molar-refractivity contribution in [2.45, 2.75) is 37.4 Å². The Kier molecular flexibility index (Phi) is 3.62. The fourth-order valence-electron chi connectivity index (χ4n) is 2.66. The largest absolute Gasteiger partial charge is 0.353 e. The summed E-state index contributed by atoms with van der Waals surface area (Å²) in [5, 5.41) is 0. The highest BCUT2D eigenvalue weighted by atomic mass is 16.7. The van der Waals surface area contributed by atoms with Gasteiger partial charge in [-0.15, -0.1) is 0 Å². The maximum Gasteiger partial charge on any atom is 0.168 e. The van der Waals surface area contributed by atoms with Crippen LogP contribution in [0.3, 0.4) is 0 Å². The lowest BCUT2D eigenvalue weighted by Gasteiger charge is -2.38. The molecule has 0 saturated heterocycles. The Bertz CT molecular complexity index is 317. The normalized spacial score (nSPS) is 24.2. The molecule has 0 amide bonds. The molecule has 2 nitrogen and oxygen atoms in total. The molecule has 2 heteroatoms. The van der Waals surface area contributed by atoms with E-state index in [2.05, 4.69) is 30.3 Å². The molecular weight excluding hydrogens is 200 g/mol. The first-order chi connectivity index (χ1) is 7.79. The quantitative estimate of drug-likeness (QED) is 0.727. The molecule has 88 valence electrons. The maximum atomic E-state index is 5.56. The lowest BCUT2D eigenvalue weighted by Crippen LogP contribution is -2.38. The first-order valence-electron chi connectivity index (χ1n) is 5.95. The highest BCUT2D eigenvalue weighted by Gasteiger charge is 2.36. The molecule has 0 aromatic heterocycles. The first kappa shape index (κ1) is 11.6. The predicted octanol–water partition coefficient (Wildman–Crippen LogP) is 3.33. The fraction of sp³-hybridized carbons (Fsp3) is 0.571. The number of methoxy groups -OCH3 is 2. The molecule has 0 N–H and O–H groups in total. The number of benzene rings is 1. The summed E-state index contributed by atoms with van der Waals surface area (Å²) in [7, 11) is 3.49. The van der Waals surface area contributed by atoms with E-state index in [1.165, 1.54) is 18.4 Å². The minimum absolute atomic E-state index is 0.362. The average Bonchev–Trinajstić information content (AvgIpc) is 2.40. The van der Waals surface area contributed by atoms with Gasteiger partial charge in [-0.3, -0.25) is 0 Å². The fourth-order valence-corrected chi connectivity index (χ4v) is 2.66. The van der Waals surface area contributed by atoms with Gasteiger partial charge in [-0.05, 0) is 24.3 Å². The van der Waals surface area contributed by atoms with E-state index in [0.717, 1.165) is 12.8 Å². The van der Waals surface area contributed by atoms with Gasteiger partial charge in [0.25, 0.3) is 0 Å². The van der Waals surface area contributed by atoms with Crippen LogP contribution in [0.25, 0.3) is 0 Å². The molecule has 0 radical (unpaired) electrons. The van der Waals surface area contributed by atoms with Gasteiger partial charge in [-0.1, -0.05) is 30.3 Å². The summed E-state index contributed by atoms with van der Waals surface area (Å²) in [5.74, 6) is 0.202. The van der Waals surface area contributed by atoms with Gasteiger partial charge in [0.1, 0.15) is 0 Å². The van der Waals surface area contributed by atoms with Crippen LogP contribution in [-0.4, -0.2) is 20.0 Å². The summed E-state index contributed by atoms with van der Waals surface area (Å²) in [6.07, 6.45) is 4.37. The van der Waals surface area contributed by atoms with Gasteiger partial charge >= 0.3 is 0 Å². The van der Waals surface area contributed by atoms with Crippen molar-refractivity contribution in [2.24, 2.45) is 0 Å². The number of ether oxygens (including phenoxy) is 2. The van der Waals surface area contributed by atoms with Crippen LogP contribution in [0.4, 0.5) is 0 Å². The molecule has 1 aliphatic carbocycles. The van der Waals surface area contributed by atoms with E-state index in [0.29, 0.717) is 5.92 Å². The lowest BCUT2D eigenvalue weighted by molar-refractivity contribution is -0.226. The van der Waals surface area contributed by atoms with Crippen LogP contribution < -0.4 is 0 Å². The third-order valence-corrected chi connectivity index (χ3v) is 3.68. The lowest BCUT2D eigenvalue weighted by atomic mass is 9.80. The Balaban J connectivity index is 2.13. The molecule has 2 rings (SSSR count).